The summed E-state index contributed by atoms with van der Waals surface area (Å²) in [6.07, 6.45) is 2.16. The van der Waals surface area contributed by atoms with E-state index in [1.54, 1.807) is 0 Å². The van der Waals surface area contributed by atoms with Crippen molar-refractivity contribution >= 4 is 28.8 Å². The third kappa shape index (κ3) is 2.24. The number of amides is 1. The number of hydrogen-bond donors (Lipinski definition) is 1. The summed E-state index contributed by atoms with van der Waals surface area (Å²) in [6, 6.07) is 3.97. The Labute approximate surface area is 104 Å². The first-order valence-corrected chi connectivity index (χ1v) is 6.54. The highest BCUT2D eigenvalue weighted by Gasteiger charge is 2.34. The van der Waals surface area contributed by atoms with Crippen molar-refractivity contribution in [2.45, 2.75) is 24.8 Å². The fourth-order valence-electron chi connectivity index (χ4n) is 2.37. The molecule has 1 fully saturated rings. The van der Waals surface area contributed by atoms with Gasteiger partial charge in [0.25, 0.3) is 0 Å². The highest BCUT2D eigenvalue weighted by molar-refractivity contribution is 7.16. The lowest BCUT2D eigenvalue weighted by molar-refractivity contribution is -0.120. The first-order valence-electron chi connectivity index (χ1n) is 5.34. The minimum absolute atomic E-state index is 0.218. The Hall–Kier alpha value is -0.580. The molecule has 1 saturated heterocycles. The van der Waals surface area contributed by atoms with E-state index < -0.39 is 0 Å². The van der Waals surface area contributed by atoms with E-state index in [4.69, 9.17) is 17.3 Å². The van der Waals surface area contributed by atoms with Crippen LogP contribution in [0, 0.1) is 0 Å². The number of thiophene rings is 1. The van der Waals surface area contributed by atoms with E-state index in [1.165, 1.54) is 11.3 Å². The van der Waals surface area contributed by atoms with E-state index >= 15 is 0 Å². The summed E-state index contributed by atoms with van der Waals surface area (Å²) in [7, 11) is 2.04. The molecule has 0 unspecified atom stereocenters. The smallest absolute Gasteiger partial charge is 0.227 e. The molecule has 88 valence electrons. The van der Waals surface area contributed by atoms with Crippen LogP contribution in [0.4, 0.5) is 0 Å². The van der Waals surface area contributed by atoms with Gasteiger partial charge in [0.05, 0.1) is 10.3 Å². The van der Waals surface area contributed by atoms with Gasteiger partial charge in [0, 0.05) is 10.9 Å². The maximum atomic E-state index is 11.6. The second kappa shape index (κ2) is 4.73. The van der Waals surface area contributed by atoms with Crippen LogP contribution >= 0.6 is 22.9 Å². The number of likely N-dealkylation sites (tertiary alicyclic amines) is 1. The lowest BCUT2D eigenvalue weighted by atomic mass is 9.95. The van der Waals surface area contributed by atoms with Gasteiger partial charge in [-0.1, -0.05) is 11.6 Å². The van der Waals surface area contributed by atoms with Gasteiger partial charge >= 0.3 is 0 Å². The van der Waals surface area contributed by atoms with Crippen molar-refractivity contribution in [3.05, 3.63) is 21.3 Å². The van der Waals surface area contributed by atoms with E-state index in [1.807, 2.05) is 19.2 Å². The molecule has 5 heteroatoms. The average Bonchev–Trinajstić information content (AvgIpc) is 2.78. The molecule has 16 heavy (non-hydrogen) atoms. The Bertz CT molecular complexity index is 393. The van der Waals surface area contributed by atoms with Gasteiger partial charge in [0.15, 0.2) is 0 Å². The Morgan fingerprint density at radius 1 is 1.69 bits per heavy atom. The van der Waals surface area contributed by atoms with Crippen LogP contribution in [-0.4, -0.2) is 30.4 Å². The van der Waals surface area contributed by atoms with Crippen molar-refractivity contribution < 1.29 is 4.79 Å². The van der Waals surface area contributed by atoms with E-state index in [0.29, 0.717) is 4.34 Å². The van der Waals surface area contributed by atoms with Crippen LogP contribution in [-0.2, 0) is 4.79 Å². The summed E-state index contributed by atoms with van der Waals surface area (Å²) in [5, 5.41) is 0. The molecule has 2 N–H and O–H groups in total. The zero-order valence-corrected chi connectivity index (χ0v) is 10.7. The summed E-state index contributed by atoms with van der Waals surface area (Å²) in [5.41, 5.74) is 5.52. The number of primary amides is 1. The minimum atomic E-state index is -0.253. The first kappa shape index (κ1) is 11.9. The number of carbonyl (C=O) groups is 1. The molecule has 1 aliphatic rings. The minimum Gasteiger partial charge on any atom is -0.369 e. The predicted molar refractivity (Wildman–Crippen MR) is 66.9 cm³/mol. The fourth-order valence-corrected chi connectivity index (χ4v) is 3.60. The normalized spacial score (nSPS) is 23.5. The monoisotopic (exact) mass is 258 g/mol. The Kier molecular flexibility index (Phi) is 3.52. The van der Waals surface area contributed by atoms with Gasteiger partial charge in [-0.2, -0.15) is 0 Å². The van der Waals surface area contributed by atoms with Crippen LogP contribution in [0.2, 0.25) is 4.34 Å². The second-order valence-corrected chi connectivity index (χ2v) is 5.96. The second-order valence-electron chi connectivity index (χ2n) is 4.21. The predicted octanol–water partition coefficient (Wildman–Crippen LogP) is 2.06. The molecule has 2 rings (SSSR count). The summed E-state index contributed by atoms with van der Waals surface area (Å²) in [4.78, 5) is 14.8. The lowest BCUT2D eigenvalue weighted by Crippen LogP contribution is -2.38. The van der Waals surface area contributed by atoms with Crippen molar-refractivity contribution in [3.8, 4) is 0 Å². The van der Waals surface area contributed by atoms with Crippen LogP contribution in [0.1, 0.15) is 23.6 Å². The molecule has 2 atom stereocenters. The Balaban J connectivity index is 2.27. The largest absolute Gasteiger partial charge is 0.369 e. The van der Waals surface area contributed by atoms with Gasteiger partial charge in [0.2, 0.25) is 5.91 Å². The highest BCUT2D eigenvalue weighted by Crippen LogP contribution is 2.35. The van der Waals surface area contributed by atoms with Crippen LogP contribution in [0.15, 0.2) is 12.1 Å². The third-order valence-electron chi connectivity index (χ3n) is 3.17. The molecule has 1 aromatic heterocycles. The summed E-state index contributed by atoms with van der Waals surface area (Å²) in [6.45, 7) is 1.04. The molecule has 0 saturated carbocycles. The van der Waals surface area contributed by atoms with Crippen molar-refractivity contribution in [1.29, 1.82) is 0 Å². The Morgan fingerprint density at radius 2 is 2.44 bits per heavy atom. The van der Waals surface area contributed by atoms with Gasteiger partial charge < -0.3 is 10.6 Å². The topological polar surface area (TPSA) is 46.3 Å². The maximum Gasteiger partial charge on any atom is 0.227 e. The molecule has 1 aromatic rings. The molecule has 0 spiro atoms. The number of nitrogens with zero attached hydrogens (tertiary/aromatic N) is 1. The van der Waals surface area contributed by atoms with E-state index in [9.17, 15) is 4.79 Å². The molecule has 0 aromatic carbocycles. The number of likely N-dealkylation sites (N-methyl/N-ethyl adjacent to an activating group) is 1. The van der Waals surface area contributed by atoms with E-state index in [-0.39, 0.29) is 17.9 Å². The molecule has 0 radical (unpaired) electrons. The molecular formula is C11H15ClN2OS. The number of hydrogen-bond acceptors (Lipinski definition) is 3. The van der Waals surface area contributed by atoms with Crippen molar-refractivity contribution in [2.24, 2.45) is 5.73 Å². The first-order chi connectivity index (χ1) is 7.59. The standard InChI is InChI=1S/C11H15ClN2OS/c1-14-6-2-3-7(14)10(11(13)15)8-4-5-9(12)16-8/h4-5,7,10H,2-3,6H2,1H3,(H2,13,15)/t7-,10+/m0/s1. The molecule has 1 amide bonds. The maximum absolute atomic E-state index is 11.6. The average molecular weight is 259 g/mol. The molecule has 2 heterocycles. The molecule has 0 aliphatic carbocycles. The van der Waals surface area contributed by atoms with Crippen molar-refractivity contribution in [1.82, 2.24) is 4.90 Å². The van der Waals surface area contributed by atoms with E-state index in [2.05, 4.69) is 4.90 Å². The third-order valence-corrected chi connectivity index (χ3v) is 4.48. The van der Waals surface area contributed by atoms with Crippen LogP contribution < -0.4 is 5.73 Å². The quantitative estimate of drug-likeness (QED) is 0.902. The van der Waals surface area contributed by atoms with Gasteiger partial charge in [-0.3, -0.25) is 4.79 Å². The molecule has 3 nitrogen and oxygen atoms in total. The van der Waals surface area contributed by atoms with Crippen molar-refractivity contribution in [3.63, 3.8) is 0 Å². The van der Waals surface area contributed by atoms with Gasteiger partial charge in [-0.15, -0.1) is 11.3 Å². The number of nitrogens with two attached hydrogens (primary N) is 1. The van der Waals surface area contributed by atoms with Gasteiger partial charge in [0.1, 0.15) is 0 Å². The van der Waals surface area contributed by atoms with Crippen molar-refractivity contribution in [2.75, 3.05) is 13.6 Å². The molecule has 1 aliphatic heterocycles. The zero-order chi connectivity index (χ0) is 11.7. The SMILES string of the molecule is CN1CCC[C@H]1[C@@H](C(N)=O)c1ccc(Cl)s1. The van der Waals surface area contributed by atoms with Crippen LogP contribution in [0.25, 0.3) is 0 Å². The number of halogens is 1. The fraction of sp³-hybridized carbons (Fsp3) is 0.545. The summed E-state index contributed by atoms with van der Waals surface area (Å²) < 4.78 is 0.710. The van der Waals surface area contributed by atoms with Gasteiger partial charge in [-0.05, 0) is 38.6 Å². The zero-order valence-electron chi connectivity index (χ0n) is 9.15. The molecule has 0 bridgehead atoms. The van der Waals surface area contributed by atoms with Crippen LogP contribution in [0.3, 0.4) is 0 Å². The summed E-state index contributed by atoms with van der Waals surface area (Å²) >= 11 is 7.36. The van der Waals surface area contributed by atoms with Crippen LogP contribution in [0.5, 0.6) is 0 Å². The number of rotatable bonds is 3. The highest BCUT2D eigenvalue weighted by atomic mass is 35.5. The van der Waals surface area contributed by atoms with Gasteiger partial charge in [-0.25, -0.2) is 0 Å². The Morgan fingerprint density at radius 3 is 2.88 bits per heavy atom. The summed E-state index contributed by atoms with van der Waals surface area (Å²) in [5.74, 6) is -0.470. The lowest BCUT2D eigenvalue weighted by Gasteiger charge is -2.25. The number of carbonyl (C=O) groups excluding carboxylic acids is 1. The molecular weight excluding hydrogens is 244 g/mol. The van der Waals surface area contributed by atoms with E-state index in [0.717, 1.165) is 24.3 Å².